The zero-order valence-electron chi connectivity index (χ0n) is 19.9. The van der Waals surface area contributed by atoms with Gasteiger partial charge in [-0.25, -0.2) is 4.98 Å². The third-order valence-corrected chi connectivity index (χ3v) is 7.79. The van der Waals surface area contributed by atoms with E-state index in [0.29, 0.717) is 26.1 Å². The quantitative estimate of drug-likeness (QED) is 0.198. The molecular weight excluding hydrogens is 527 g/mol. The van der Waals surface area contributed by atoms with Crippen molar-refractivity contribution in [1.82, 2.24) is 9.55 Å². The molecule has 0 aliphatic rings. The number of halogens is 2. The van der Waals surface area contributed by atoms with Crippen molar-refractivity contribution in [2.75, 3.05) is 0 Å². The maximum atomic E-state index is 13.0. The fraction of sp³-hybridized carbons (Fsp3) is 0.138. The second-order valence-corrected chi connectivity index (χ2v) is 10.5. The average Bonchev–Trinajstić information content (AvgIpc) is 3.50. The highest BCUT2D eigenvalue weighted by Crippen LogP contribution is 2.40. The van der Waals surface area contributed by atoms with E-state index < -0.39 is 5.97 Å². The molecular formula is C29H22Cl2N2O3S. The molecule has 0 spiro atoms. The van der Waals surface area contributed by atoms with Gasteiger partial charge in [0.25, 0.3) is 0 Å². The van der Waals surface area contributed by atoms with Gasteiger partial charge in [0.15, 0.2) is 10.9 Å². The molecule has 5 aromatic rings. The van der Waals surface area contributed by atoms with Gasteiger partial charge in [-0.05, 0) is 47.9 Å². The third kappa shape index (κ3) is 5.18. The van der Waals surface area contributed by atoms with E-state index in [4.69, 9.17) is 33.3 Å². The van der Waals surface area contributed by atoms with Gasteiger partial charge in [0, 0.05) is 39.2 Å². The van der Waals surface area contributed by atoms with Crippen molar-refractivity contribution in [2.45, 2.75) is 26.2 Å². The second kappa shape index (κ2) is 10.5. The summed E-state index contributed by atoms with van der Waals surface area (Å²) >= 11 is 13.9. The highest BCUT2D eigenvalue weighted by atomic mass is 35.5. The van der Waals surface area contributed by atoms with Gasteiger partial charge >= 0.3 is 5.97 Å². The minimum atomic E-state index is -1.01. The van der Waals surface area contributed by atoms with E-state index in [1.165, 1.54) is 16.9 Å². The molecule has 1 N–H and O–H groups in total. The summed E-state index contributed by atoms with van der Waals surface area (Å²) in [7, 11) is 0. The maximum Gasteiger partial charge on any atom is 0.303 e. The van der Waals surface area contributed by atoms with Gasteiger partial charge in [-0.3, -0.25) is 14.2 Å². The van der Waals surface area contributed by atoms with Gasteiger partial charge in [-0.1, -0.05) is 77.9 Å². The first-order valence-corrected chi connectivity index (χ1v) is 13.3. The van der Waals surface area contributed by atoms with Crippen molar-refractivity contribution in [3.8, 4) is 26.8 Å². The molecule has 0 fully saturated rings. The van der Waals surface area contributed by atoms with E-state index in [9.17, 15) is 9.59 Å². The summed E-state index contributed by atoms with van der Waals surface area (Å²) in [5.74, 6) is -1.26. The number of carbonyl (C=O) groups excluding carboxylic acids is 1. The smallest absolute Gasteiger partial charge is 0.303 e. The lowest BCUT2D eigenvalue weighted by Crippen LogP contribution is -2.03. The number of carboxylic acids is 1. The predicted molar refractivity (Wildman–Crippen MR) is 150 cm³/mol. The van der Waals surface area contributed by atoms with Crippen LogP contribution < -0.4 is 0 Å². The van der Waals surface area contributed by atoms with Crippen molar-refractivity contribution in [1.29, 1.82) is 0 Å². The number of Topliss-reactive ketones (excluding diaryl/α,β-unsaturated/α-hetero) is 1. The molecule has 0 unspecified atom stereocenters. The molecule has 3 aromatic carbocycles. The SMILES string of the molecule is CCc1ccc(-c2sc(-n3cc(C(=O)CCC(=O)O)c4cc(Cl)ccc43)nc2-c2ccc(Cl)cc2)cc1. The molecule has 2 heterocycles. The normalized spacial score (nSPS) is 11.2. The lowest BCUT2D eigenvalue weighted by Gasteiger charge is -2.04. The molecule has 0 radical (unpaired) electrons. The first-order valence-electron chi connectivity index (χ1n) is 11.8. The molecule has 0 bridgehead atoms. The van der Waals surface area contributed by atoms with Crippen LogP contribution in [0.5, 0.6) is 0 Å². The summed E-state index contributed by atoms with van der Waals surface area (Å²) in [6, 6.07) is 21.4. The molecule has 0 aliphatic carbocycles. The van der Waals surface area contributed by atoms with Gasteiger partial charge in [-0.15, -0.1) is 0 Å². The number of nitrogens with zero attached hydrogens (tertiary/aromatic N) is 2. The number of fused-ring (bicyclic) bond motifs is 1. The Balaban J connectivity index is 1.68. The Kier molecular flexibility index (Phi) is 7.15. The molecule has 186 valence electrons. The number of aromatic nitrogens is 2. The number of carboxylic acid groups (broad SMARTS) is 1. The Bertz CT molecular complexity index is 1620. The Morgan fingerprint density at radius 1 is 0.919 bits per heavy atom. The van der Waals surface area contributed by atoms with Crippen LogP contribution in [0.15, 0.2) is 72.9 Å². The highest BCUT2D eigenvalue weighted by Gasteiger charge is 2.21. The van der Waals surface area contributed by atoms with Crippen molar-refractivity contribution in [3.63, 3.8) is 0 Å². The fourth-order valence-electron chi connectivity index (χ4n) is 4.24. The first kappa shape index (κ1) is 25.2. The predicted octanol–water partition coefficient (Wildman–Crippen LogP) is 8.34. The number of aliphatic carboxylic acids is 1. The summed E-state index contributed by atoms with van der Waals surface area (Å²) in [5, 5.41) is 11.5. The zero-order valence-corrected chi connectivity index (χ0v) is 22.2. The molecule has 0 aliphatic heterocycles. The van der Waals surface area contributed by atoms with E-state index in [-0.39, 0.29) is 18.6 Å². The topological polar surface area (TPSA) is 72.2 Å². The van der Waals surface area contributed by atoms with E-state index in [2.05, 4.69) is 31.2 Å². The van der Waals surface area contributed by atoms with Crippen LogP contribution in [-0.4, -0.2) is 26.4 Å². The highest BCUT2D eigenvalue weighted by molar-refractivity contribution is 7.18. The number of ketones is 1. The monoisotopic (exact) mass is 548 g/mol. The Morgan fingerprint density at radius 2 is 1.59 bits per heavy atom. The Morgan fingerprint density at radius 3 is 2.27 bits per heavy atom. The summed E-state index contributed by atoms with van der Waals surface area (Å²) < 4.78 is 1.88. The van der Waals surface area contributed by atoms with Crippen LogP contribution in [0.3, 0.4) is 0 Å². The van der Waals surface area contributed by atoms with Crippen molar-refractivity contribution >= 4 is 57.2 Å². The number of thiazole rings is 1. The number of carbonyl (C=O) groups is 2. The lowest BCUT2D eigenvalue weighted by molar-refractivity contribution is -0.136. The molecule has 5 rings (SSSR count). The summed E-state index contributed by atoms with van der Waals surface area (Å²) in [6.45, 7) is 2.12. The van der Waals surface area contributed by atoms with Gasteiger partial charge in [0.05, 0.1) is 22.5 Å². The molecule has 0 saturated carbocycles. The number of hydrogen-bond donors (Lipinski definition) is 1. The van der Waals surface area contributed by atoms with Crippen LogP contribution in [0, 0.1) is 0 Å². The number of hydrogen-bond acceptors (Lipinski definition) is 4. The van der Waals surface area contributed by atoms with Crippen LogP contribution in [0.2, 0.25) is 10.0 Å². The van der Waals surface area contributed by atoms with Gasteiger partial charge in [-0.2, -0.15) is 0 Å². The summed E-state index contributed by atoms with van der Waals surface area (Å²) in [5.41, 5.74) is 5.24. The first-order chi connectivity index (χ1) is 17.8. The number of rotatable bonds is 8. The zero-order chi connectivity index (χ0) is 26.1. The molecule has 0 amide bonds. The van der Waals surface area contributed by atoms with Gasteiger partial charge in [0.2, 0.25) is 0 Å². The summed E-state index contributed by atoms with van der Waals surface area (Å²) in [6.07, 6.45) is 2.36. The van der Waals surface area contributed by atoms with E-state index in [1.54, 1.807) is 18.3 Å². The minimum absolute atomic E-state index is 0.0934. The van der Waals surface area contributed by atoms with Crippen LogP contribution >= 0.6 is 34.5 Å². The average molecular weight is 549 g/mol. The minimum Gasteiger partial charge on any atom is -0.481 e. The van der Waals surface area contributed by atoms with Crippen molar-refractivity contribution < 1.29 is 14.7 Å². The number of aryl methyl sites for hydroxylation is 1. The van der Waals surface area contributed by atoms with E-state index in [0.717, 1.165) is 33.6 Å². The van der Waals surface area contributed by atoms with Crippen molar-refractivity contribution in [3.05, 3.63) is 94.1 Å². The maximum absolute atomic E-state index is 13.0. The van der Waals surface area contributed by atoms with Gasteiger partial charge < -0.3 is 5.11 Å². The number of benzene rings is 3. The van der Waals surface area contributed by atoms with Crippen LogP contribution in [-0.2, 0) is 11.2 Å². The molecule has 5 nitrogen and oxygen atoms in total. The third-order valence-electron chi connectivity index (χ3n) is 6.20. The van der Waals surface area contributed by atoms with E-state index in [1.807, 2.05) is 34.9 Å². The second-order valence-electron chi connectivity index (χ2n) is 8.62. The molecule has 8 heteroatoms. The Hall–Kier alpha value is -3.45. The largest absolute Gasteiger partial charge is 0.481 e. The van der Waals surface area contributed by atoms with Crippen LogP contribution in [0.4, 0.5) is 0 Å². The molecule has 2 aromatic heterocycles. The Labute approximate surface area is 227 Å². The van der Waals surface area contributed by atoms with E-state index >= 15 is 0 Å². The summed E-state index contributed by atoms with van der Waals surface area (Å²) in [4.78, 5) is 30.0. The lowest BCUT2D eigenvalue weighted by atomic mass is 10.0. The molecule has 0 saturated heterocycles. The molecule has 37 heavy (non-hydrogen) atoms. The standard InChI is InChI=1S/C29H22Cl2N2O3S/c1-2-17-3-5-19(6-4-17)28-27(18-7-9-20(30)10-8-18)32-29(37-28)33-16-23(25(34)13-14-26(35)36)22-15-21(31)11-12-24(22)33/h3-12,15-16H,2,13-14H2,1H3,(H,35,36). The molecule has 0 atom stereocenters. The van der Waals surface area contributed by atoms with Gasteiger partial charge in [0.1, 0.15) is 0 Å². The fourth-order valence-corrected chi connectivity index (χ4v) is 5.62. The van der Waals surface area contributed by atoms with Crippen LogP contribution in [0.25, 0.3) is 37.7 Å². The van der Waals surface area contributed by atoms with Crippen molar-refractivity contribution in [2.24, 2.45) is 0 Å². The van der Waals surface area contributed by atoms with Crippen LogP contribution in [0.1, 0.15) is 35.7 Å².